The van der Waals surface area contributed by atoms with Crippen LogP contribution in [0.2, 0.25) is 0 Å². The molecule has 8 heteroatoms. The van der Waals surface area contributed by atoms with E-state index in [4.69, 9.17) is 4.42 Å². The van der Waals surface area contributed by atoms with Crippen LogP contribution in [-0.2, 0) is 4.79 Å². The molecule has 2 heterocycles. The lowest BCUT2D eigenvalue weighted by molar-refractivity contribution is -0.384. The Kier molecular flexibility index (Phi) is 4.53. The predicted molar refractivity (Wildman–Crippen MR) is 93.7 cm³/mol. The number of rotatable bonds is 5. The van der Waals surface area contributed by atoms with Crippen LogP contribution in [0.15, 0.2) is 58.4 Å². The highest BCUT2D eigenvalue weighted by Crippen LogP contribution is 2.34. The molecule has 7 nitrogen and oxygen atoms in total. The summed E-state index contributed by atoms with van der Waals surface area (Å²) in [7, 11) is 0. The number of para-hydroxylation sites is 1. The molecule has 1 aromatic carbocycles. The number of nitrogens with zero attached hydrogens (tertiary/aromatic N) is 2. The second kappa shape index (κ2) is 6.78. The van der Waals surface area contributed by atoms with Crippen LogP contribution in [-0.4, -0.2) is 27.5 Å². The third kappa shape index (κ3) is 3.24. The molecule has 0 radical (unpaired) electrons. The van der Waals surface area contributed by atoms with E-state index in [-0.39, 0.29) is 22.4 Å². The lowest BCUT2D eigenvalue weighted by atomic mass is 10.1. The summed E-state index contributed by atoms with van der Waals surface area (Å²) in [4.78, 5) is 35.9. The minimum Gasteiger partial charge on any atom is -0.456 e. The minimum absolute atomic E-state index is 0.0743. The molecule has 1 aliphatic rings. The summed E-state index contributed by atoms with van der Waals surface area (Å²) in [6.07, 6.45) is 2.92. The minimum atomic E-state index is -0.488. The van der Waals surface area contributed by atoms with Crippen LogP contribution in [0.4, 0.5) is 10.5 Å². The highest BCUT2D eigenvalue weighted by Gasteiger charge is 2.34. The van der Waals surface area contributed by atoms with E-state index in [9.17, 15) is 19.7 Å². The molecule has 25 heavy (non-hydrogen) atoms. The molecule has 3 rings (SSSR count). The van der Waals surface area contributed by atoms with Gasteiger partial charge in [0.1, 0.15) is 11.5 Å². The number of hydrogen-bond donors (Lipinski definition) is 0. The quantitative estimate of drug-likeness (QED) is 0.347. The second-order valence-electron chi connectivity index (χ2n) is 5.06. The molecule has 1 aliphatic heterocycles. The molecule has 1 saturated heterocycles. The highest BCUT2D eigenvalue weighted by atomic mass is 32.2. The van der Waals surface area contributed by atoms with Crippen molar-refractivity contribution in [3.63, 3.8) is 0 Å². The van der Waals surface area contributed by atoms with E-state index in [1.165, 1.54) is 18.2 Å². The van der Waals surface area contributed by atoms with Crippen LogP contribution < -0.4 is 0 Å². The molecule has 1 fully saturated rings. The molecule has 0 aliphatic carbocycles. The molecule has 0 spiro atoms. The molecule has 0 bridgehead atoms. The second-order valence-corrected chi connectivity index (χ2v) is 6.05. The smallest absolute Gasteiger partial charge is 0.293 e. The van der Waals surface area contributed by atoms with Crippen LogP contribution in [0, 0.1) is 10.1 Å². The van der Waals surface area contributed by atoms with Gasteiger partial charge in [-0.15, -0.1) is 6.58 Å². The van der Waals surface area contributed by atoms with E-state index in [0.29, 0.717) is 17.1 Å². The van der Waals surface area contributed by atoms with Gasteiger partial charge in [0, 0.05) is 18.7 Å². The van der Waals surface area contributed by atoms with Crippen molar-refractivity contribution < 1.29 is 18.9 Å². The Balaban J connectivity index is 1.91. The molecule has 0 N–H and O–H groups in total. The zero-order valence-corrected chi connectivity index (χ0v) is 13.7. The summed E-state index contributed by atoms with van der Waals surface area (Å²) in [5.74, 6) is 0.222. The topological polar surface area (TPSA) is 93.7 Å². The van der Waals surface area contributed by atoms with E-state index >= 15 is 0 Å². The van der Waals surface area contributed by atoms with Crippen LogP contribution in [0.3, 0.4) is 0 Å². The van der Waals surface area contributed by atoms with Crippen molar-refractivity contribution in [3.05, 3.63) is 69.8 Å². The maximum atomic E-state index is 12.2. The summed E-state index contributed by atoms with van der Waals surface area (Å²) in [5, 5.41) is 10.7. The van der Waals surface area contributed by atoms with Gasteiger partial charge in [-0.3, -0.25) is 24.6 Å². The van der Waals surface area contributed by atoms with Crippen molar-refractivity contribution in [3.8, 4) is 11.3 Å². The molecule has 0 atom stereocenters. The molecule has 2 amide bonds. The molecular formula is C17H12N2O5S. The van der Waals surface area contributed by atoms with E-state index in [1.807, 2.05) is 0 Å². The summed E-state index contributed by atoms with van der Waals surface area (Å²) < 4.78 is 5.60. The van der Waals surface area contributed by atoms with Gasteiger partial charge in [-0.25, -0.2) is 0 Å². The number of imide groups is 1. The van der Waals surface area contributed by atoms with Crippen molar-refractivity contribution in [2.75, 3.05) is 6.54 Å². The Morgan fingerprint density at radius 3 is 2.72 bits per heavy atom. The Morgan fingerprint density at radius 1 is 1.24 bits per heavy atom. The van der Waals surface area contributed by atoms with Crippen LogP contribution in [0.1, 0.15) is 5.76 Å². The van der Waals surface area contributed by atoms with Gasteiger partial charge < -0.3 is 4.42 Å². The number of nitro groups is 1. The van der Waals surface area contributed by atoms with Gasteiger partial charge in [0.25, 0.3) is 16.8 Å². The van der Waals surface area contributed by atoms with Gasteiger partial charge in [-0.1, -0.05) is 18.2 Å². The average Bonchev–Trinajstić information content (AvgIpc) is 3.16. The summed E-state index contributed by atoms with van der Waals surface area (Å²) >= 11 is 0.812. The monoisotopic (exact) mass is 356 g/mol. The Hall–Kier alpha value is -3.13. The fourth-order valence-corrected chi connectivity index (χ4v) is 3.16. The predicted octanol–water partition coefficient (Wildman–Crippen LogP) is 4.08. The van der Waals surface area contributed by atoms with Crippen molar-refractivity contribution in [2.24, 2.45) is 0 Å². The average molecular weight is 356 g/mol. The van der Waals surface area contributed by atoms with Gasteiger partial charge in [-0.2, -0.15) is 0 Å². The Labute approximate surface area is 146 Å². The van der Waals surface area contributed by atoms with Gasteiger partial charge in [-0.05, 0) is 30.0 Å². The number of carbonyl (C=O) groups excluding carboxylic acids is 2. The number of amides is 2. The lowest BCUT2D eigenvalue weighted by Crippen LogP contribution is -2.27. The van der Waals surface area contributed by atoms with Crippen molar-refractivity contribution in [2.45, 2.75) is 0 Å². The number of benzene rings is 1. The summed E-state index contributed by atoms with van der Waals surface area (Å²) in [6, 6.07) is 9.39. The largest absolute Gasteiger partial charge is 0.456 e. The highest BCUT2D eigenvalue weighted by molar-refractivity contribution is 8.18. The van der Waals surface area contributed by atoms with Crippen molar-refractivity contribution >= 4 is 34.7 Å². The first-order valence-corrected chi connectivity index (χ1v) is 8.03. The van der Waals surface area contributed by atoms with Crippen molar-refractivity contribution in [1.29, 1.82) is 0 Å². The Bertz CT molecular complexity index is 915. The first kappa shape index (κ1) is 16.7. The fraction of sp³-hybridized carbons (Fsp3) is 0.0588. The summed E-state index contributed by atoms with van der Waals surface area (Å²) in [6.45, 7) is 3.65. The maximum absolute atomic E-state index is 12.2. The standard InChI is InChI=1S/C17H12N2O5S/c1-2-9-18-16(20)15(25-17(18)21)10-11-7-8-14(24-11)12-5-3-4-6-13(12)19(22)23/h2-8,10H,1,9H2/b15-10-. The summed E-state index contributed by atoms with van der Waals surface area (Å²) in [5.41, 5.74) is 0.265. The SMILES string of the molecule is C=CCN1C(=O)S/C(=C\c2ccc(-c3ccccc3[N+](=O)[O-])o2)C1=O. The van der Waals surface area contributed by atoms with Crippen molar-refractivity contribution in [1.82, 2.24) is 4.90 Å². The molecule has 0 saturated carbocycles. The first-order chi connectivity index (χ1) is 12.0. The number of nitro benzene ring substituents is 1. The van der Waals surface area contributed by atoms with E-state index in [0.717, 1.165) is 16.7 Å². The third-order valence-corrected chi connectivity index (χ3v) is 4.36. The normalized spacial score (nSPS) is 15.8. The molecule has 2 aromatic rings. The molecule has 126 valence electrons. The van der Waals surface area contributed by atoms with E-state index in [1.54, 1.807) is 30.3 Å². The fourth-order valence-electron chi connectivity index (χ4n) is 2.33. The van der Waals surface area contributed by atoms with Gasteiger partial charge in [0.2, 0.25) is 0 Å². The molecule has 1 aromatic heterocycles. The van der Waals surface area contributed by atoms with Gasteiger partial charge in [0.15, 0.2) is 0 Å². The molecular weight excluding hydrogens is 344 g/mol. The lowest BCUT2D eigenvalue weighted by Gasteiger charge is -2.07. The number of furan rings is 1. The number of hydrogen-bond acceptors (Lipinski definition) is 6. The van der Waals surface area contributed by atoms with E-state index in [2.05, 4.69) is 6.58 Å². The van der Waals surface area contributed by atoms with E-state index < -0.39 is 10.8 Å². The molecule has 0 unspecified atom stereocenters. The number of carbonyl (C=O) groups is 2. The van der Waals surface area contributed by atoms with Crippen LogP contribution in [0.25, 0.3) is 17.4 Å². The maximum Gasteiger partial charge on any atom is 0.293 e. The third-order valence-electron chi connectivity index (χ3n) is 3.45. The van der Waals surface area contributed by atoms with Crippen LogP contribution >= 0.6 is 11.8 Å². The first-order valence-electron chi connectivity index (χ1n) is 7.21. The van der Waals surface area contributed by atoms with Crippen LogP contribution in [0.5, 0.6) is 0 Å². The Morgan fingerprint density at radius 2 is 2.00 bits per heavy atom. The van der Waals surface area contributed by atoms with Gasteiger partial charge in [0.05, 0.1) is 15.4 Å². The van der Waals surface area contributed by atoms with Gasteiger partial charge >= 0.3 is 0 Å². The number of thioether (sulfide) groups is 1. The zero-order chi connectivity index (χ0) is 18.0. The zero-order valence-electron chi connectivity index (χ0n) is 12.9.